The third-order valence-corrected chi connectivity index (χ3v) is 5.87. The summed E-state index contributed by atoms with van der Waals surface area (Å²) in [5.74, 6) is 0.373. The summed E-state index contributed by atoms with van der Waals surface area (Å²) in [6.45, 7) is 2.63. The van der Waals surface area contributed by atoms with Crippen molar-refractivity contribution < 1.29 is 14.3 Å². The Balaban J connectivity index is 1.22. The topological polar surface area (TPSA) is 79.5 Å². The van der Waals surface area contributed by atoms with Crippen LogP contribution >= 0.6 is 0 Å². The zero-order chi connectivity index (χ0) is 25.9. The van der Waals surface area contributed by atoms with E-state index in [4.69, 9.17) is 4.74 Å². The van der Waals surface area contributed by atoms with Crippen LogP contribution in [0.5, 0.6) is 5.75 Å². The SMILES string of the molecule is CC(NC(=O)c1cccc(NC(=O)CNc2ccc(OCCc3ccccc3)cc2)c1)c1ccccc1. The first-order valence-electron chi connectivity index (χ1n) is 12.3. The number of amides is 2. The Bertz CT molecular complexity index is 1290. The van der Waals surface area contributed by atoms with E-state index in [1.54, 1.807) is 24.3 Å². The molecule has 0 saturated heterocycles. The Labute approximate surface area is 217 Å². The fourth-order valence-electron chi connectivity index (χ4n) is 3.83. The number of carbonyl (C=O) groups is 2. The molecule has 6 nitrogen and oxygen atoms in total. The molecule has 1 unspecified atom stereocenters. The molecule has 4 rings (SSSR count). The molecule has 0 spiro atoms. The lowest BCUT2D eigenvalue weighted by Gasteiger charge is -2.15. The predicted octanol–water partition coefficient (Wildman–Crippen LogP) is 5.85. The Morgan fingerprint density at radius 2 is 1.49 bits per heavy atom. The Morgan fingerprint density at radius 1 is 0.784 bits per heavy atom. The number of hydrogen-bond acceptors (Lipinski definition) is 4. The molecule has 1 atom stereocenters. The van der Waals surface area contributed by atoms with Gasteiger partial charge >= 0.3 is 0 Å². The van der Waals surface area contributed by atoms with Gasteiger partial charge in [0, 0.05) is 23.4 Å². The van der Waals surface area contributed by atoms with Gasteiger partial charge in [0.2, 0.25) is 5.91 Å². The highest BCUT2D eigenvalue weighted by molar-refractivity contribution is 5.98. The van der Waals surface area contributed by atoms with E-state index in [2.05, 4.69) is 28.1 Å². The van der Waals surface area contributed by atoms with Crippen molar-refractivity contribution in [2.24, 2.45) is 0 Å². The van der Waals surface area contributed by atoms with Crippen LogP contribution in [-0.2, 0) is 11.2 Å². The molecular weight excluding hydrogens is 462 g/mol. The zero-order valence-corrected chi connectivity index (χ0v) is 20.8. The first kappa shape index (κ1) is 25.5. The molecule has 0 aliphatic rings. The van der Waals surface area contributed by atoms with Crippen molar-refractivity contribution >= 4 is 23.2 Å². The van der Waals surface area contributed by atoms with E-state index in [1.807, 2.05) is 79.7 Å². The summed E-state index contributed by atoms with van der Waals surface area (Å²) in [6, 6.07) is 34.3. The molecule has 0 aliphatic carbocycles. The van der Waals surface area contributed by atoms with Crippen molar-refractivity contribution in [2.75, 3.05) is 23.8 Å². The van der Waals surface area contributed by atoms with Gasteiger partial charge in [0.15, 0.2) is 0 Å². The van der Waals surface area contributed by atoms with Crippen LogP contribution in [0.2, 0.25) is 0 Å². The number of benzene rings is 4. The lowest BCUT2D eigenvalue weighted by Crippen LogP contribution is -2.27. The highest BCUT2D eigenvalue weighted by atomic mass is 16.5. The Kier molecular flexibility index (Phi) is 8.92. The Hall–Kier alpha value is -4.58. The van der Waals surface area contributed by atoms with Crippen molar-refractivity contribution in [3.8, 4) is 5.75 Å². The van der Waals surface area contributed by atoms with Gasteiger partial charge in [-0.2, -0.15) is 0 Å². The second-order valence-corrected chi connectivity index (χ2v) is 8.70. The number of nitrogens with one attached hydrogen (secondary N) is 3. The first-order chi connectivity index (χ1) is 18.1. The normalized spacial score (nSPS) is 11.3. The van der Waals surface area contributed by atoms with Crippen LogP contribution in [0.15, 0.2) is 109 Å². The minimum absolute atomic E-state index is 0.0929. The molecular formula is C31H31N3O3. The van der Waals surface area contributed by atoms with E-state index in [1.165, 1.54) is 5.56 Å². The first-order valence-corrected chi connectivity index (χ1v) is 12.3. The summed E-state index contributed by atoms with van der Waals surface area (Å²) >= 11 is 0. The summed E-state index contributed by atoms with van der Waals surface area (Å²) in [5, 5.41) is 8.94. The van der Waals surface area contributed by atoms with Crippen LogP contribution in [0.3, 0.4) is 0 Å². The molecule has 188 valence electrons. The number of hydrogen-bond donors (Lipinski definition) is 3. The van der Waals surface area contributed by atoms with Gasteiger partial charge in [0.05, 0.1) is 19.2 Å². The fraction of sp³-hybridized carbons (Fsp3) is 0.161. The van der Waals surface area contributed by atoms with Crippen LogP contribution in [0.4, 0.5) is 11.4 Å². The predicted molar refractivity (Wildman–Crippen MR) is 148 cm³/mol. The van der Waals surface area contributed by atoms with Gasteiger partial charge in [-0.15, -0.1) is 0 Å². The Morgan fingerprint density at radius 3 is 2.22 bits per heavy atom. The standard InChI is InChI=1S/C31H31N3O3/c1-23(25-11-6-3-7-12-25)33-31(36)26-13-8-14-28(21-26)34-30(35)22-32-27-15-17-29(18-16-27)37-20-19-24-9-4-2-5-10-24/h2-18,21,23,32H,19-20,22H2,1H3,(H,33,36)(H,34,35). The van der Waals surface area contributed by atoms with Crippen LogP contribution < -0.4 is 20.7 Å². The van der Waals surface area contributed by atoms with E-state index in [9.17, 15) is 9.59 Å². The van der Waals surface area contributed by atoms with Crippen molar-refractivity contribution in [1.82, 2.24) is 5.32 Å². The second kappa shape index (κ2) is 12.9. The van der Waals surface area contributed by atoms with E-state index in [0.29, 0.717) is 17.9 Å². The van der Waals surface area contributed by atoms with Gasteiger partial charge in [0.25, 0.3) is 5.91 Å². The van der Waals surface area contributed by atoms with Crippen LogP contribution in [-0.4, -0.2) is 25.0 Å². The van der Waals surface area contributed by atoms with Crippen molar-refractivity contribution in [2.45, 2.75) is 19.4 Å². The molecule has 0 saturated carbocycles. The molecule has 3 N–H and O–H groups in total. The van der Waals surface area contributed by atoms with Gasteiger partial charge in [-0.05, 0) is 60.5 Å². The molecule has 2 amide bonds. The highest BCUT2D eigenvalue weighted by Crippen LogP contribution is 2.17. The fourth-order valence-corrected chi connectivity index (χ4v) is 3.83. The van der Waals surface area contributed by atoms with E-state index < -0.39 is 0 Å². The molecule has 4 aromatic rings. The minimum atomic E-state index is -0.210. The maximum Gasteiger partial charge on any atom is 0.251 e. The van der Waals surface area contributed by atoms with Crippen molar-refractivity contribution in [3.05, 3.63) is 126 Å². The van der Waals surface area contributed by atoms with Gasteiger partial charge in [-0.1, -0.05) is 66.7 Å². The van der Waals surface area contributed by atoms with Crippen LogP contribution in [0.25, 0.3) is 0 Å². The molecule has 6 heteroatoms. The maximum atomic E-state index is 12.7. The van der Waals surface area contributed by atoms with Crippen molar-refractivity contribution in [1.29, 1.82) is 0 Å². The third-order valence-electron chi connectivity index (χ3n) is 5.87. The molecule has 37 heavy (non-hydrogen) atoms. The number of carbonyl (C=O) groups excluding carboxylic acids is 2. The van der Waals surface area contributed by atoms with E-state index >= 15 is 0 Å². The lowest BCUT2D eigenvalue weighted by molar-refractivity contribution is -0.114. The monoisotopic (exact) mass is 493 g/mol. The summed E-state index contributed by atoms with van der Waals surface area (Å²) < 4.78 is 5.81. The molecule has 4 aromatic carbocycles. The van der Waals surface area contributed by atoms with E-state index in [-0.39, 0.29) is 24.4 Å². The van der Waals surface area contributed by atoms with Crippen LogP contribution in [0.1, 0.15) is 34.5 Å². The smallest absolute Gasteiger partial charge is 0.251 e. The zero-order valence-electron chi connectivity index (χ0n) is 20.8. The number of rotatable bonds is 11. The molecule has 0 bridgehead atoms. The summed E-state index contributed by atoms with van der Waals surface area (Å²) in [6.07, 6.45) is 0.843. The second-order valence-electron chi connectivity index (χ2n) is 8.70. The third kappa shape index (κ3) is 7.97. The van der Waals surface area contributed by atoms with Crippen molar-refractivity contribution in [3.63, 3.8) is 0 Å². The van der Waals surface area contributed by atoms with Gasteiger partial charge in [-0.3, -0.25) is 9.59 Å². The molecule has 0 aliphatic heterocycles. The average molecular weight is 494 g/mol. The number of ether oxygens (including phenoxy) is 1. The average Bonchev–Trinajstić information content (AvgIpc) is 2.94. The molecule has 0 radical (unpaired) electrons. The van der Waals surface area contributed by atoms with Gasteiger partial charge < -0.3 is 20.7 Å². The molecule has 0 aromatic heterocycles. The minimum Gasteiger partial charge on any atom is -0.493 e. The highest BCUT2D eigenvalue weighted by Gasteiger charge is 2.12. The van der Waals surface area contributed by atoms with E-state index in [0.717, 1.165) is 23.4 Å². The largest absolute Gasteiger partial charge is 0.493 e. The summed E-state index contributed by atoms with van der Waals surface area (Å²) in [5.41, 5.74) is 4.12. The van der Waals surface area contributed by atoms with Gasteiger partial charge in [-0.25, -0.2) is 0 Å². The van der Waals surface area contributed by atoms with Gasteiger partial charge in [0.1, 0.15) is 5.75 Å². The summed E-state index contributed by atoms with van der Waals surface area (Å²) in [7, 11) is 0. The lowest BCUT2D eigenvalue weighted by atomic mass is 10.1. The molecule has 0 heterocycles. The molecule has 0 fully saturated rings. The maximum absolute atomic E-state index is 12.7. The van der Waals surface area contributed by atoms with Crippen LogP contribution in [0, 0.1) is 0 Å². The quantitative estimate of drug-likeness (QED) is 0.245. The number of anilines is 2. The summed E-state index contributed by atoms with van der Waals surface area (Å²) in [4.78, 5) is 25.2.